The van der Waals surface area contributed by atoms with Crippen LogP contribution in [0.25, 0.3) is 0 Å². The number of hydrogen-bond donors (Lipinski definition) is 0. The predicted molar refractivity (Wildman–Crippen MR) is 138 cm³/mol. The summed E-state index contributed by atoms with van der Waals surface area (Å²) in [5.41, 5.74) is 3.63. The molecule has 0 radical (unpaired) electrons. The first-order chi connectivity index (χ1) is 16.7. The van der Waals surface area contributed by atoms with E-state index >= 15 is 0 Å². The minimum atomic E-state index is -4.04. The molecule has 0 saturated heterocycles. The van der Waals surface area contributed by atoms with Crippen molar-refractivity contribution in [3.63, 3.8) is 0 Å². The van der Waals surface area contributed by atoms with Gasteiger partial charge in [-0.15, -0.1) is 0 Å². The lowest BCUT2D eigenvalue weighted by Crippen LogP contribution is -2.43. The fourth-order valence-corrected chi connectivity index (χ4v) is 6.48. The van der Waals surface area contributed by atoms with Crippen molar-refractivity contribution >= 4 is 27.6 Å². The van der Waals surface area contributed by atoms with E-state index in [0.717, 1.165) is 22.3 Å². The van der Waals surface area contributed by atoms with Crippen LogP contribution in [0.5, 0.6) is 0 Å². The van der Waals surface area contributed by atoms with E-state index in [4.69, 9.17) is 16.3 Å². The summed E-state index contributed by atoms with van der Waals surface area (Å²) in [6.07, 6.45) is 2.11. The topological polar surface area (TPSA) is 63.7 Å². The molecule has 0 N–H and O–H groups in total. The highest BCUT2D eigenvalue weighted by Crippen LogP contribution is 2.46. The Morgan fingerprint density at radius 3 is 2.40 bits per heavy atom. The average Bonchev–Trinajstić information content (AvgIpc) is 2.84. The first-order valence-electron chi connectivity index (χ1n) is 11.5. The monoisotopic (exact) mass is 509 g/mol. The number of halogens is 1. The summed E-state index contributed by atoms with van der Waals surface area (Å²) < 4.78 is 35.4. The van der Waals surface area contributed by atoms with Crippen LogP contribution in [0.1, 0.15) is 47.7 Å². The van der Waals surface area contributed by atoms with E-state index in [1.807, 2.05) is 56.3 Å². The third-order valence-electron chi connectivity index (χ3n) is 6.24. The van der Waals surface area contributed by atoms with Crippen molar-refractivity contribution < 1.29 is 17.9 Å². The van der Waals surface area contributed by atoms with Gasteiger partial charge in [0.2, 0.25) is 10.0 Å². The van der Waals surface area contributed by atoms with Crippen LogP contribution in [0.15, 0.2) is 89.3 Å². The van der Waals surface area contributed by atoms with Gasteiger partial charge in [0.05, 0.1) is 29.2 Å². The molecule has 3 aromatic carbocycles. The number of rotatable bonds is 6. The van der Waals surface area contributed by atoms with E-state index in [1.54, 1.807) is 43.3 Å². The van der Waals surface area contributed by atoms with E-state index < -0.39 is 28.1 Å². The fraction of sp³-hybridized carbons (Fsp3) is 0.250. The van der Waals surface area contributed by atoms with Gasteiger partial charge in [0.15, 0.2) is 0 Å². The van der Waals surface area contributed by atoms with Crippen LogP contribution in [0, 0.1) is 13.8 Å². The first-order valence-corrected chi connectivity index (χ1v) is 13.3. The third kappa shape index (κ3) is 5.06. The van der Waals surface area contributed by atoms with Crippen molar-refractivity contribution in [1.82, 2.24) is 4.31 Å². The Hall–Kier alpha value is -2.93. The molecule has 0 bridgehead atoms. The zero-order chi connectivity index (χ0) is 25.2. The summed E-state index contributed by atoms with van der Waals surface area (Å²) in [7, 11) is -4.04. The van der Waals surface area contributed by atoms with Gasteiger partial charge in [-0.25, -0.2) is 13.2 Å². The molecule has 4 rings (SSSR count). The van der Waals surface area contributed by atoms with Crippen LogP contribution in [0.3, 0.4) is 0 Å². The molecule has 0 spiro atoms. The molecule has 1 heterocycles. The van der Waals surface area contributed by atoms with Gasteiger partial charge in [0.1, 0.15) is 0 Å². The first kappa shape index (κ1) is 25.2. The zero-order valence-corrected chi connectivity index (χ0v) is 21.5. The highest BCUT2D eigenvalue weighted by atomic mass is 35.5. The van der Waals surface area contributed by atoms with Gasteiger partial charge < -0.3 is 4.74 Å². The molecule has 0 saturated carbocycles. The number of esters is 1. The lowest BCUT2D eigenvalue weighted by Gasteiger charge is -2.41. The summed E-state index contributed by atoms with van der Waals surface area (Å²) in [5, 5.41) is 0.516. The summed E-state index contributed by atoms with van der Waals surface area (Å²) in [5.74, 6) is -0.519. The zero-order valence-electron chi connectivity index (χ0n) is 19.9. The fourth-order valence-electron chi connectivity index (χ4n) is 4.51. The summed E-state index contributed by atoms with van der Waals surface area (Å²) in [4.78, 5) is 13.3. The molecule has 1 aliphatic rings. The van der Waals surface area contributed by atoms with Gasteiger partial charge in [-0.1, -0.05) is 71.8 Å². The Morgan fingerprint density at radius 1 is 1.03 bits per heavy atom. The van der Waals surface area contributed by atoms with Crippen LogP contribution in [0.2, 0.25) is 5.02 Å². The number of nitrogens with zero attached hydrogens (tertiary/aromatic N) is 1. The SMILES string of the molecule is CCOC(=O)C1=CC[C@@H](c2cccc(Cl)c2)N(S(=O)(=O)c2ccc(C)cc2)[C@H]1c1ccccc1C. The molecule has 1 aliphatic heterocycles. The smallest absolute Gasteiger partial charge is 0.335 e. The molecule has 0 fully saturated rings. The maximum atomic E-state index is 14.3. The Bertz CT molecular complexity index is 1370. The number of carbonyl (C=O) groups is 1. The molecule has 35 heavy (non-hydrogen) atoms. The van der Waals surface area contributed by atoms with Crippen LogP contribution in [-0.2, 0) is 19.6 Å². The predicted octanol–water partition coefficient (Wildman–Crippen LogP) is 6.32. The third-order valence-corrected chi connectivity index (χ3v) is 8.36. The summed E-state index contributed by atoms with van der Waals surface area (Å²) in [6.45, 7) is 5.75. The molecule has 5 nitrogen and oxygen atoms in total. The van der Waals surface area contributed by atoms with E-state index in [1.165, 1.54) is 4.31 Å². The average molecular weight is 510 g/mol. The van der Waals surface area contributed by atoms with Crippen LogP contribution < -0.4 is 0 Å². The summed E-state index contributed by atoms with van der Waals surface area (Å²) in [6, 6.07) is 20.1. The van der Waals surface area contributed by atoms with Crippen molar-refractivity contribution in [3.8, 4) is 0 Å². The number of aryl methyl sites for hydroxylation is 2. The molecule has 0 aromatic heterocycles. The van der Waals surface area contributed by atoms with Gasteiger partial charge in [0.25, 0.3) is 0 Å². The quantitative estimate of drug-likeness (QED) is 0.364. The van der Waals surface area contributed by atoms with E-state index in [2.05, 4.69) is 0 Å². The van der Waals surface area contributed by atoms with Crippen molar-refractivity contribution in [2.24, 2.45) is 0 Å². The minimum absolute atomic E-state index is 0.166. The molecule has 182 valence electrons. The molecule has 3 aromatic rings. The van der Waals surface area contributed by atoms with Gasteiger partial charge in [-0.05, 0) is 68.1 Å². The van der Waals surface area contributed by atoms with E-state index in [9.17, 15) is 13.2 Å². The molecule has 0 amide bonds. The van der Waals surface area contributed by atoms with Crippen molar-refractivity contribution in [2.75, 3.05) is 6.61 Å². The molecular weight excluding hydrogens is 482 g/mol. The minimum Gasteiger partial charge on any atom is -0.463 e. The Morgan fingerprint density at radius 2 is 1.74 bits per heavy atom. The Labute approximate surface area is 212 Å². The normalized spacial score (nSPS) is 18.7. The van der Waals surface area contributed by atoms with Gasteiger partial charge >= 0.3 is 5.97 Å². The number of ether oxygens (including phenoxy) is 1. The van der Waals surface area contributed by atoms with Gasteiger partial charge in [-0.3, -0.25) is 0 Å². The van der Waals surface area contributed by atoms with Crippen molar-refractivity contribution in [3.05, 3.63) is 112 Å². The maximum absolute atomic E-state index is 14.3. The molecule has 0 unspecified atom stereocenters. The number of benzene rings is 3. The molecule has 2 atom stereocenters. The van der Waals surface area contributed by atoms with Crippen molar-refractivity contribution in [1.29, 1.82) is 0 Å². The van der Waals surface area contributed by atoms with Crippen LogP contribution in [0.4, 0.5) is 0 Å². The summed E-state index contributed by atoms with van der Waals surface area (Å²) >= 11 is 6.30. The second kappa shape index (κ2) is 10.4. The second-order valence-electron chi connectivity index (χ2n) is 8.59. The largest absolute Gasteiger partial charge is 0.463 e. The number of hydrogen-bond acceptors (Lipinski definition) is 4. The molecular formula is C28H28ClNO4S. The number of carbonyl (C=O) groups excluding carboxylic acids is 1. The van der Waals surface area contributed by atoms with Crippen LogP contribution >= 0.6 is 11.6 Å². The van der Waals surface area contributed by atoms with Gasteiger partial charge in [-0.2, -0.15) is 4.31 Å². The standard InChI is InChI=1S/C28H28ClNO4S/c1-4-34-28(31)25-16-17-26(21-9-7-10-22(29)18-21)30(27(25)24-11-6-5-8-20(24)3)35(32,33)23-14-12-19(2)13-15-23/h5-16,18,26-27H,4,17H2,1-3H3/t26-,27-/m0/s1. The Balaban J connectivity index is 1.99. The van der Waals surface area contributed by atoms with Crippen molar-refractivity contribution in [2.45, 2.75) is 44.2 Å². The second-order valence-corrected chi connectivity index (χ2v) is 10.9. The van der Waals surface area contributed by atoms with E-state index in [-0.39, 0.29) is 11.5 Å². The lowest BCUT2D eigenvalue weighted by atomic mass is 9.87. The van der Waals surface area contributed by atoms with E-state index in [0.29, 0.717) is 17.0 Å². The van der Waals surface area contributed by atoms with Crippen LogP contribution in [-0.4, -0.2) is 25.3 Å². The molecule has 7 heteroatoms. The molecule has 0 aliphatic carbocycles. The highest BCUT2D eigenvalue weighted by molar-refractivity contribution is 7.89. The Kier molecular flexibility index (Phi) is 7.45. The highest BCUT2D eigenvalue weighted by Gasteiger charge is 2.45. The van der Waals surface area contributed by atoms with Gasteiger partial charge in [0, 0.05) is 5.02 Å². The maximum Gasteiger partial charge on any atom is 0.335 e. The number of sulfonamides is 1. The lowest BCUT2D eigenvalue weighted by molar-refractivity contribution is -0.139.